The molecule has 0 aliphatic heterocycles. The van der Waals surface area contributed by atoms with Crippen LogP contribution in [0, 0.1) is 29.6 Å². The maximum Gasteiger partial charge on any atom is 0.00470 e. The van der Waals surface area contributed by atoms with Crippen LogP contribution in [0.25, 0.3) is 0 Å². The molecule has 3 fully saturated rings. The van der Waals surface area contributed by atoms with E-state index < -0.39 is 0 Å². The van der Waals surface area contributed by atoms with Gasteiger partial charge in [0.15, 0.2) is 0 Å². The Morgan fingerprint density at radius 2 is 1.86 bits per heavy atom. The van der Waals surface area contributed by atoms with Gasteiger partial charge in [0.25, 0.3) is 0 Å². The Kier molecular flexibility index (Phi) is 2.35. The Morgan fingerprint density at radius 1 is 1.07 bits per heavy atom. The summed E-state index contributed by atoms with van der Waals surface area (Å²) in [5.41, 5.74) is 0. The van der Waals surface area contributed by atoms with Gasteiger partial charge < -0.3 is 0 Å². The summed E-state index contributed by atoms with van der Waals surface area (Å²) in [6.07, 6.45) is 10.2. The Labute approximate surface area is 92.2 Å². The molecule has 0 N–H and O–H groups in total. The van der Waals surface area contributed by atoms with E-state index >= 15 is 0 Å². The van der Waals surface area contributed by atoms with Gasteiger partial charge in [0.2, 0.25) is 0 Å². The molecule has 0 amide bonds. The third-order valence-electron chi connectivity index (χ3n) is 5.46. The van der Waals surface area contributed by atoms with Gasteiger partial charge in [0.05, 0.1) is 0 Å². The first-order valence-corrected chi connectivity index (χ1v) is 7.63. The molecule has 0 aromatic rings. The van der Waals surface area contributed by atoms with E-state index in [4.69, 9.17) is 0 Å². The molecule has 0 saturated heterocycles. The first-order chi connectivity index (χ1) is 6.81. The third kappa shape index (κ3) is 1.20. The van der Waals surface area contributed by atoms with Crippen molar-refractivity contribution in [2.75, 3.05) is 6.26 Å². The zero-order valence-corrected chi connectivity index (χ0v) is 10.2. The van der Waals surface area contributed by atoms with Crippen LogP contribution in [0.3, 0.4) is 0 Å². The van der Waals surface area contributed by atoms with Crippen molar-refractivity contribution in [1.29, 1.82) is 0 Å². The van der Waals surface area contributed by atoms with E-state index in [2.05, 4.69) is 24.9 Å². The molecular weight excluding hydrogens is 188 g/mol. The van der Waals surface area contributed by atoms with Gasteiger partial charge in [-0.25, -0.2) is 0 Å². The summed E-state index contributed by atoms with van der Waals surface area (Å²) < 4.78 is 0. The predicted octanol–water partition coefficient (Wildman–Crippen LogP) is 3.81. The highest BCUT2D eigenvalue weighted by Gasteiger charge is 2.53. The van der Waals surface area contributed by atoms with Crippen molar-refractivity contribution >= 4 is 11.8 Å². The molecule has 3 rings (SSSR count). The lowest BCUT2D eigenvalue weighted by atomic mass is 9.77. The van der Waals surface area contributed by atoms with Crippen LogP contribution in [0.2, 0.25) is 0 Å². The van der Waals surface area contributed by atoms with Crippen molar-refractivity contribution in [3.63, 3.8) is 0 Å². The zero-order chi connectivity index (χ0) is 9.71. The van der Waals surface area contributed by atoms with Crippen LogP contribution in [0.1, 0.15) is 39.0 Å². The second-order valence-corrected chi connectivity index (χ2v) is 6.97. The van der Waals surface area contributed by atoms with Crippen LogP contribution >= 0.6 is 11.8 Å². The first kappa shape index (κ1) is 9.57. The summed E-state index contributed by atoms with van der Waals surface area (Å²) in [6.45, 7) is 2.46. The minimum absolute atomic E-state index is 0.921. The van der Waals surface area contributed by atoms with Gasteiger partial charge in [-0.05, 0) is 67.9 Å². The Morgan fingerprint density at radius 3 is 2.64 bits per heavy atom. The molecule has 6 atom stereocenters. The molecule has 0 spiro atoms. The molecule has 6 unspecified atom stereocenters. The van der Waals surface area contributed by atoms with Crippen LogP contribution in [0.4, 0.5) is 0 Å². The lowest BCUT2D eigenvalue weighted by Crippen LogP contribution is -2.27. The number of rotatable bonds is 2. The molecule has 0 aromatic heterocycles. The molecule has 0 heterocycles. The molecular formula is C13H22S. The number of hydrogen-bond donors (Lipinski definition) is 0. The average Bonchev–Trinajstić information content (AvgIpc) is 2.87. The standard InChI is InChI=1S/C13H22S/c1-8(14-2)11-5-6-12-9-3-4-10(7-9)13(11)12/h8-13H,3-7H2,1-2H3. The van der Waals surface area contributed by atoms with Gasteiger partial charge in [-0.15, -0.1) is 0 Å². The normalized spacial score (nSPS) is 52.3. The van der Waals surface area contributed by atoms with Gasteiger partial charge in [-0.2, -0.15) is 11.8 Å². The smallest absolute Gasteiger partial charge is 0.00470 e. The fourth-order valence-electron chi connectivity index (χ4n) is 4.85. The highest BCUT2D eigenvalue weighted by atomic mass is 32.2. The Hall–Kier alpha value is 0.350. The molecule has 3 aliphatic rings. The van der Waals surface area contributed by atoms with Crippen LogP contribution in [-0.4, -0.2) is 11.5 Å². The van der Waals surface area contributed by atoms with Gasteiger partial charge in [-0.3, -0.25) is 0 Å². The lowest BCUT2D eigenvalue weighted by molar-refractivity contribution is 0.211. The third-order valence-corrected chi connectivity index (χ3v) is 6.55. The van der Waals surface area contributed by atoms with Crippen molar-refractivity contribution in [3.05, 3.63) is 0 Å². The van der Waals surface area contributed by atoms with Crippen molar-refractivity contribution in [2.45, 2.75) is 44.3 Å². The highest BCUT2D eigenvalue weighted by Crippen LogP contribution is 2.61. The topological polar surface area (TPSA) is 0 Å². The monoisotopic (exact) mass is 210 g/mol. The van der Waals surface area contributed by atoms with Gasteiger partial charge >= 0.3 is 0 Å². The SMILES string of the molecule is CSC(C)C1CCC2C3CCC(C3)C21. The maximum atomic E-state index is 2.46. The van der Waals surface area contributed by atoms with Gasteiger partial charge in [0, 0.05) is 5.25 Å². The van der Waals surface area contributed by atoms with E-state index in [1.807, 2.05) is 0 Å². The summed E-state index contributed by atoms with van der Waals surface area (Å²) in [5, 5.41) is 0.921. The molecule has 14 heavy (non-hydrogen) atoms. The van der Waals surface area contributed by atoms with Gasteiger partial charge in [0.1, 0.15) is 0 Å². The van der Waals surface area contributed by atoms with Crippen LogP contribution < -0.4 is 0 Å². The van der Waals surface area contributed by atoms with Crippen LogP contribution in [0.5, 0.6) is 0 Å². The van der Waals surface area contributed by atoms with E-state index in [-0.39, 0.29) is 0 Å². The molecule has 3 aliphatic carbocycles. The first-order valence-electron chi connectivity index (χ1n) is 6.34. The molecule has 0 nitrogen and oxygen atoms in total. The largest absolute Gasteiger partial charge is 0.162 e. The Balaban J connectivity index is 1.78. The van der Waals surface area contributed by atoms with Crippen molar-refractivity contribution < 1.29 is 0 Å². The highest BCUT2D eigenvalue weighted by molar-refractivity contribution is 7.99. The molecule has 80 valence electrons. The van der Waals surface area contributed by atoms with E-state index in [0.29, 0.717) is 0 Å². The summed E-state index contributed by atoms with van der Waals surface area (Å²) in [6, 6.07) is 0. The number of fused-ring (bicyclic) bond motifs is 5. The molecule has 0 radical (unpaired) electrons. The van der Waals surface area contributed by atoms with Gasteiger partial charge in [-0.1, -0.05) is 6.92 Å². The molecule has 0 aromatic carbocycles. The zero-order valence-electron chi connectivity index (χ0n) is 9.41. The van der Waals surface area contributed by atoms with Crippen molar-refractivity contribution in [3.8, 4) is 0 Å². The molecule has 1 heteroatoms. The summed E-state index contributed by atoms with van der Waals surface area (Å²) >= 11 is 2.10. The van der Waals surface area contributed by atoms with Crippen LogP contribution in [0.15, 0.2) is 0 Å². The molecule has 2 bridgehead atoms. The van der Waals surface area contributed by atoms with E-state index in [9.17, 15) is 0 Å². The van der Waals surface area contributed by atoms with Crippen LogP contribution in [-0.2, 0) is 0 Å². The minimum Gasteiger partial charge on any atom is -0.162 e. The Bertz CT molecular complexity index is 225. The number of thioether (sulfide) groups is 1. The predicted molar refractivity (Wildman–Crippen MR) is 63.5 cm³/mol. The summed E-state index contributed by atoms with van der Waals surface area (Å²) in [4.78, 5) is 0. The molecule has 3 saturated carbocycles. The summed E-state index contributed by atoms with van der Waals surface area (Å²) in [7, 11) is 0. The summed E-state index contributed by atoms with van der Waals surface area (Å²) in [5.74, 6) is 5.69. The lowest BCUT2D eigenvalue weighted by Gasteiger charge is -2.31. The fraction of sp³-hybridized carbons (Fsp3) is 1.00. The number of hydrogen-bond acceptors (Lipinski definition) is 1. The average molecular weight is 210 g/mol. The van der Waals surface area contributed by atoms with Crippen molar-refractivity contribution in [1.82, 2.24) is 0 Å². The fourth-order valence-corrected chi connectivity index (χ4v) is 5.52. The minimum atomic E-state index is 0.921. The van der Waals surface area contributed by atoms with E-state index in [1.165, 1.54) is 0 Å². The van der Waals surface area contributed by atoms with E-state index in [1.54, 1.807) is 32.1 Å². The van der Waals surface area contributed by atoms with Crippen molar-refractivity contribution in [2.24, 2.45) is 29.6 Å². The maximum absolute atomic E-state index is 2.46. The second-order valence-electron chi connectivity index (χ2n) is 5.76. The quantitative estimate of drug-likeness (QED) is 0.668. The second kappa shape index (κ2) is 3.43. The van der Waals surface area contributed by atoms with E-state index in [0.717, 1.165) is 34.8 Å².